The number of anilines is 1. The van der Waals surface area contributed by atoms with Gasteiger partial charge in [-0.1, -0.05) is 38.2 Å². The fraction of sp³-hybridized carbons (Fsp3) is 0.417. The quantitative estimate of drug-likeness (QED) is 0.149. The number of nitrogens with two attached hydrogens (primary N) is 3. The first kappa shape index (κ1) is 38.6. The Morgan fingerprint density at radius 3 is 2.27 bits per heavy atom. The maximum Gasteiger partial charge on any atom is 0.405 e. The molecule has 49 heavy (non-hydrogen) atoms. The summed E-state index contributed by atoms with van der Waals surface area (Å²) >= 11 is 0. The topological polar surface area (TPSA) is 215 Å². The summed E-state index contributed by atoms with van der Waals surface area (Å²) < 4.78 is 16.7. The number of nitrogens with zero attached hydrogens (tertiary/aromatic N) is 1. The van der Waals surface area contributed by atoms with Crippen LogP contribution in [0.1, 0.15) is 50.9 Å². The van der Waals surface area contributed by atoms with Crippen molar-refractivity contribution in [2.45, 2.75) is 65.0 Å². The Hall–Kier alpha value is -4.85. The van der Waals surface area contributed by atoms with E-state index in [2.05, 4.69) is 0 Å². The highest BCUT2D eigenvalue weighted by atomic mass is 16.6. The van der Waals surface area contributed by atoms with Gasteiger partial charge in [0.15, 0.2) is 11.9 Å². The van der Waals surface area contributed by atoms with Crippen molar-refractivity contribution < 1.29 is 43.3 Å². The summed E-state index contributed by atoms with van der Waals surface area (Å²) in [6, 6.07) is 6.07. The van der Waals surface area contributed by atoms with E-state index in [9.17, 15) is 29.1 Å². The molecule has 0 fully saturated rings. The third-order valence-electron chi connectivity index (χ3n) is 8.62. The lowest BCUT2D eigenvalue weighted by molar-refractivity contribution is -0.128. The smallest absolute Gasteiger partial charge is 0.405 e. The molecule has 7 N–H and O–H groups in total. The molecule has 13 heteroatoms. The first-order valence-corrected chi connectivity index (χ1v) is 15.8. The Labute approximate surface area is 286 Å². The van der Waals surface area contributed by atoms with Crippen molar-refractivity contribution in [3.05, 3.63) is 88.3 Å². The lowest BCUT2D eigenvalue weighted by atomic mass is 9.85. The summed E-state index contributed by atoms with van der Waals surface area (Å²) in [6.07, 6.45) is 2.81. The zero-order valence-electron chi connectivity index (χ0n) is 28.7. The number of ether oxygens (including phenoxy) is 3. The van der Waals surface area contributed by atoms with Gasteiger partial charge in [0.25, 0.3) is 5.91 Å². The van der Waals surface area contributed by atoms with E-state index in [1.54, 1.807) is 19.9 Å². The number of hydrogen-bond donors (Lipinski definition) is 4. The van der Waals surface area contributed by atoms with Gasteiger partial charge in [-0.25, -0.2) is 4.79 Å². The SMILES string of the molecule is CO[C@H]1/C=C\C=C(/C)C(=O)N(CC(=O)c2ccc(N)cc2)C2=CC(=O)C(N)=C(C[C@H](C)C[C@H](OC)[C@H](O)[C@@H](C)/C=C(\C)[C@@H]1OC(N)=O)C2=O. The van der Waals surface area contributed by atoms with Crippen LogP contribution in [0.4, 0.5) is 10.5 Å². The van der Waals surface area contributed by atoms with Gasteiger partial charge in [-0.05, 0) is 62.4 Å². The van der Waals surface area contributed by atoms with E-state index >= 15 is 0 Å². The normalized spacial score (nSPS) is 29.0. The molecule has 0 unspecified atom stereocenters. The highest BCUT2D eigenvalue weighted by Gasteiger charge is 2.36. The fourth-order valence-electron chi connectivity index (χ4n) is 5.86. The van der Waals surface area contributed by atoms with Crippen LogP contribution in [-0.4, -0.2) is 84.5 Å². The fourth-order valence-corrected chi connectivity index (χ4v) is 5.86. The molecule has 1 aromatic carbocycles. The molecule has 0 saturated carbocycles. The van der Waals surface area contributed by atoms with Crippen LogP contribution in [0, 0.1) is 11.8 Å². The van der Waals surface area contributed by atoms with Crippen molar-refractivity contribution in [1.82, 2.24) is 4.90 Å². The number of methoxy groups -OCH3 is 2. The number of Topliss-reactive ketones (excluding diaryl/α,β-unsaturated/α-hetero) is 2. The maximum absolute atomic E-state index is 14.0. The first-order chi connectivity index (χ1) is 23.1. The molecule has 2 aliphatic rings. The molecule has 13 nitrogen and oxygen atoms in total. The summed E-state index contributed by atoms with van der Waals surface area (Å²) in [5.74, 6) is -3.41. The van der Waals surface area contributed by atoms with Crippen molar-refractivity contribution in [3.63, 3.8) is 0 Å². The van der Waals surface area contributed by atoms with Crippen LogP contribution in [0.15, 0.2) is 82.8 Å². The molecule has 6 atom stereocenters. The standard InChI is InChI=1S/C36H46N4O9/c1-19-14-25-31(38)27(41)17-26(33(25)44)40(18-28(42)23-10-12-24(37)13-11-23)35(45)20(2)8-7-9-29(47-5)34(49-36(39)46)22(4)16-21(3)32(43)30(15-19)48-6/h7-13,16-17,19,21,29-30,32,34,43H,14-15,18,37-38H2,1-6H3,(H2,39,46)/b9-7-,20-8+,22-16+/t19-,21-,29-,30-,32+,34-/m0/s1. The van der Waals surface area contributed by atoms with Crippen LogP contribution < -0.4 is 17.2 Å². The van der Waals surface area contributed by atoms with Gasteiger partial charge in [-0.15, -0.1) is 0 Å². The Bertz CT molecular complexity index is 1610. The van der Waals surface area contributed by atoms with Gasteiger partial charge in [-0.3, -0.25) is 24.1 Å². The summed E-state index contributed by atoms with van der Waals surface area (Å²) in [5, 5.41) is 11.3. The van der Waals surface area contributed by atoms with E-state index in [4.69, 9.17) is 31.4 Å². The van der Waals surface area contributed by atoms with E-state index in [0.29, 0.717) is 11.3 Å². The second-order valence-electron chi connectivity index (χ2n) is 12.4. The number of nitrogen functional groups attached to an aromatic ring is 1. The van der Waals surface area contributed by atoms with Crippen LogP contribution in [-0.2, 0) is 28.6 Å². The number of carbonyl (C=O) groups excluding carboxylic acids is 5. The van der Waals surface area contributed by atoms with Crippen LogP contribution in [0.25, 0.3) is 0 Å². The molecule has 1 aromatic rings. The highest BCUT2D eigenvalue weighted by molar-refractivity contribution is 6.23. The number of amides is 2. The maximum atomic E-state index is 14.0. The van der Waals surface area contributed by atoms with Gasteiger partial charge in [0, 0.05) is 48.6 Å². The molecular formula is C36H46N4O9. The molecule has 2 amide bonds. The molecule has 0 aromatic heterocycles. The van der Waals surface area contributed by atoms with E-state index in [1.165, 1.54) is 63.6 Å². The number of aliphatic hydroxyl groups is 1. The van der Waals surface area contributed by atoms with Crippen LogP contribution >= 0.6 is 0 Å². The summed E-state index contributed by atoms with van der Waals surface area (Å²) in [4.78, 5) is 67.5. The zero-order valence-corrected chi connectivity index (χ0v) is 28.7. The largest absolute Gasteiger partial charge is 0.439 e. The predicted octanol–water partition coefficient (Wildman–Crippen LogP) is 2.90. The van der Waals surface area contributed by atoms with Gasteiger partial charge < -0.3 is 36.5 Å². The predicted molar refractivity (Wildman–Crippen MR) is 182 cm³/mol. The number of benzene rings is 1. The Morgan fingerprint density at radius 1 is 1.02 bits per heavy atom. The van der Waals surface area contributed by atoms with E-state index in [-0.39, 0.29) is 46.9 Å². The summed E-state index contributed by atoms with van der Waals surface area (Å²) in [7, 11) is 2.85. The minimum Gasteiger partial charge on any atom is -0.439 e. The molecular weight excluding hydrogens is 632 g/mol. The van der Waals surface area contributed by atoms with Gasteiger partial charge in [0.05, 0.1) is 30.1 Å². The number of ketones is 3. The number of primary amides is 1. The van der Waals surface area contributed by atoms with Crippen LogP contribution in [0.2, 0.25) is 0 Å². The third-order valence-corrected chi connectivity index (χ3v) is 8.62. The average molecular weight is 679 g/mol. The van der Waals surface area contributed by atoms with Gasteiger partial charge in [0.2, 0.25) is 11.6 Å². The second-order valence-corrected chi connectivity index (χ2v) is 12.4. The Morgan fingerprint density at radius 2 is 1.67 bits per heavy atom. The molecule has 0 radical (unpaired) electrons. The molecule has 2 bridgehead atoms. The summed E-state index contributed by atoms with van der Waals surface area (Å²) in [6.45, 7) is 6.20. The van der Waals surface area contributed by atoms with Crippen molar-refractivity contribution in [1.29, 1.82) is 0 Å². The van der Waals surface area contributed by atoms with E-state index in [1.807, 2.05) is 6.92 Å². The molecule has 3 rings (SSSR count). The highest BCUT2D eigenvalue weighted by Crippen LogP contribution is 2.30. The second kappa shape index (κ2) is 17.0. The number of hydrogen-bond acceptors (Lipinski definition) is 11. The van der Waals surface area contributed by atoms with Gasteiger partial charge in [0.1, 0.15) is 6.10 Å². The Kier molecular flexibility index (Phi) is 13.4. The number of fused-ring (bicyclic) bond motifs is 2. The monoisotopic (exact) mass is 678 g/mol. The third kappa shape index (κ3) is 9.62. The number of rotatable bonds is 6. The Balaban J connectivity index is 2.18. The number of aliphatic hydroxyl groups excluding tert-OH is 1. The lowest BCUT2D eigenvalue weighted by Crippen LogP contribution is -2.41. The van der Waals surface area contributed by atoms with E-state index < -0.39 is 66.2 Å². The minimum absolute atomic E-state index is 0.00492. The van der Waals surface area contributed by atoms with Crippen molar-refractivity contribution in [2.75, 3.05) is 26.5 Å². The van der Waals surface area contributed by atoms with Gasteiger partial charge in [-0.2, -0.15) is 0 Å². The van der Waals surface area contributed by atoms with Crippen molar-refractivity contribution in [3.8, 4) is 0 Å². The van der Waals surface area contributed by atoms with Crippen LogP contribution in [0.3, 0.4) is 0 Å². The molecule has 0 saturated heterocycles. The lowest BCUT2D eigenvalue weighted by Gasteiger charge is -2.30. The summed E-state index contributed by atoms with van der Waals surface area (Å²) in [5.41, 5.74) is 18.1. The zero-order chi connectivity index (χ0) is 36.6. The van der Waals surface area contributed by atoms with Crippen molar-refractivity contribution >= 4 is 35.0 Å². The van der Waals surface area contributed by atoms with E-state index in [0.717, 1.165) is 11.0 Å². The molecule has 1 aliphatic heterocycles. The van der Waals surface area contributed by atoms with Crippen molar-refractivity contribution in [2.24, 2.45) is 23.3 Å². The minimum atomic E-state index is -1.04. The molecule has 1 aliphatic carbocycles. The molecule has 0 spiro atoms. The average Bonchev–Trinajstić information content (AvgIpc) is 3.06. The molecule has 264 valence electrons. The number of allylic oxidation sites excluding steroid dienone is 4. The van der Waals surface area contributed by atoms with Gasteiger partial charge >= 0.3 is 6.09 Å². The number of carbonyl (C=O) groups is 5. The molecule has 1 heterocycles. The first-order valence-electron chi connectivity index (χ1n) is 15.8. The van der Waals surface area contributed by atoms with Crippen LogP contribution in [0.5, 0.6) is 0 Å².